The fourth-order valence-corrected chi connectivity index (χ4v) is 1.99. The van der Waals surface area contributed by atoms with Crippen molar-refractivity contribution in [3.05, 3.63) is 0 Å². The lowest BCUT2D eigenvalue weighted by atomic mass is 10.1. The molecule has 1 nitrogen and oxygen atoms in total. The van der Waals surface area contributed by atoms with Crippen LogP contribution in [0.3, 0.4) is 0 Å². The van der Waals surface area contributed by atoms with Gasteiger partial charge in [0.2, 0.25) is 0 Å². The van der Waals surface area contributed by atoms with Crippen LogP contribution in [0, 0.1) is 5.92 Å². The van der Waals surface area contributed by atoms with Gasteiger partial charge in [0.25, 0.3) is 0 Å². The highest BCUT2D eigenvalue weighted by Gasteiger charge is 2.04. The Labute approximate surface area is 91.8 Å². The first-order chi connectivity index (χ1) is 6.02. The smallest absolute Gasteiger partial charge is 0.0132 e. The molecular formula is C11H24BrN. The van der Waals surface area contributed by atoms with Crippen LogP contribution in [0.15, 0.2) is 0 Å². The fourth-order valence-electron chi connectivity index (χ4n) is 1.43. The third kappa shape index (κ3) is 10.4. The second-order valence-electron chi connectivity index (χ2n) is 4.41. The van der Waals surface area contributed by atoms with Gasteiger partial charge in [-0.3, -0.25) is 0 Å². The van der Waals surface area contributed by atoms with Crippen LogP contribution in [0.1, 0.15) is 47.0 Å². The highest BCUT2D eigenvalue weighted by molar-refractivity contribution is 9.09. The first kappa shape index (κ1) is 13.4. The van der Waals surface area contributed by atoms with E-state index in [9.17, 15) is 0 Å². The molecule has 0 aliphatic heterocycles. The van der Waals surface area contributed by atoms with E-state index in [1.54, 1.807) is 0 Å². The summed E-state index contributed by atoms with van der Waals surface area (Å²) in [5.74, 6) is 0.840. The average molecular weight is 250 g/mol. The Bertz CT molecular complexity index is 113. The summed E-state index contributed by atoms with van der Waals surface area (Å²) in [5, 5.41) is 3.54. The van der Waals surface area contributed by atoms with Crippen LogP contribution >= 0.6 is 15.9 Å². The van der Waals surface area contributed by atoms with Crippen LogP contribution < -0.4 is 5.32 Å². The van der Waals surface area contributed by atoms with Gasteiger partial charge in [-0.2, -0.15) is 0 Å². The van der Waals surface area contributed by atoms with Crippen molar-refractivity contribution in [2.24, 2.45) is 5.92 Å². The Balaban J connectivity index is 3.22. The van der Waals surface area contributed by atoms with Gasteiger partial charge in [0.1, 0.15) is 0 Å². The first-order valence-corrected chi connectivity index (χ1v) is 6.31. The molecule has 2 heteroatoms. The maximum Gasteiger partial charge on any atom is 0.0132 e. The second kappa shape index (κ2) is 7.81. The van der Waals surface area contributed by atoms with E-state index in [-0.39, 0.29) is 0 Å². The lowest BCUT2D eigenvalue weighted by Crippen LogP contribution is -2.28. The van der Waals surface area contributed by atoms with Gasteiger partial charge >= 0.3 is 0 Å². The minimum atomic E-state index is 0.625. The normalized spacial score (nSPS) is 16.2. The molecule has 0 aliphatic carbocycles. The summed E-state index contributed by atoms with van der Waals surface area (Å²) in [6, 6.07) is 0.640. The highest BCUT2D eigenvalue weighted by atomic mass is 79.9. The number of hydrogen-bond acceptors (Lipinski definition) is 1. The van der Waals surface area contributed by atoms with E-state index in [4.69, 9.17) is 0 Å². The standard InChI is InChI=1S/C11H24BrN/c1-9(2)6-5-7-13-11(4)8-10(3)12/h9-11,13H,5-8H2,1-4H3. The molecule has 0 aromatic heterocycles. The van der Waals surface area contributed by atoms with E-state index in [0.29, 0.717) is 10.9 Å². The molecule has 0 saturated carbocycles. The quantitative estimate of drug-likeness (QED) is 0.538. The molecule has 2 unspecified atom stereocenters. The van der Waals surface area contributed by atoms with Crippen molar-refractivity contribution in [3.63, 3.8) is 0 Å². The van der Waals surface area contributed by atoms with Gasteiger partial charge in [-0.15, -0.1) is 0 Å². The van der Waals surface area contributed by atoms with Gasteiger partial charge in [0.05, 0.1) is 0 Å². The topological polar surface area (TPSA) is 12.0 Å². The lowest BCUT2D eigenvalue weighted by molar-refractivity contribution is 0.474. The molecule has 0 aromatic carbocycles. The van der Waals surface area contributed by atoms with Gasteiger partial charge in [0.15, 0.2) is 0 Å². The lowest BCUT2D eigenvalue weighted by Gasteiger charge is -2.15. The van der Waals surface area contributed by atoms with Crippen LogP contribution in [0.5, 0.6) is 0 Å². The second-order valence-corrected chi connectivity index (χ2v) is 5.97. The van der Waals surface area contributed by atoms with E-state index in [2.05, 4.69) is 48.9 Å². The summed E-state index contributed by atoms with van der Waals surface area (Å²) in [7, 11) is 0. The van der Waals surface area contributed by atoms with Crippen molar-refractivity contribution in [2.75, 3.05) is 6.54 Å². The summed E-state index contributed by atoms with van der Waals surface area (Å²) in [6.07, 6.45) is 3.85. The van der Waals surface area contributed by atoms with Crippen molar-refractivity contribution in [2.45, 2.75) is 57.8 Å². The molecule has 80 valence electrons. The summed E-state index contributed by atoms with van der Waals surface area (Å²) < 4.78 is 0. The summed E-state index contributed by atoms with van der Waals surface area (Å²) in [5.41, 5.74) is 0. The summed E-state index contributed by atoms with van der Waals surface area (Å²) in [4.78, 5) is 0.625. The number of hydrogen-bond donors (Lipinski definition) is 1. The van der Waals surface area contributed by atoms with Crippen LogP contribution in [0.4, 0.5) is 0 Å². The monoisotopic (exact) mass is 249 g/mol. The molecule has 0 aliphatic rings. The van der Waals surface area contributed by atoms with E-state index in [1.807, 2.05) is 0 Å². The molecule has 0 spiro atoms. The molecule has 0 saturated heterocycles. The Morgan fingerprint density at radius 3 is 2.23 bits per heavy atom. The van der Waals surface area contributed by atoms with Crippen molar-refractivity contribution < 1.29 is 0 Å². The summed E-state index contributed by atoms with van der Waals surface area (Å²) in [6.45, 7) is 10.2. The molecule has 0 fully saturated rings. The van der Waals surface area contributed by atoms with Crippen LogP contribution in [-0.4, -0.2) is 17.4 Å². The van der Waals surface area contributed by atoms with Gasteiger partial charge in [0, 0.05) is 10.9 Å². The third-order valence-corrected chi connectivity index (χ3v) is 2.50. The Kier molecular flexibility index (Phi) is 8.07. The molecular weight excluding hydrogens is 226 g/mol. The average Bonchev–Trinajstić information content (AvgIpc) is 1.96. The van der Waals surface area contributed by atoms with Crippen molar-refractivity contribution >= 4 is 15.9 Å². The molecule has 0 amide bonds. The molecule has 0 radical (unpaired) electrons. The van der Waals surface area contributed by atoms with Gasteiger partial charge < -0.3 is 5.32 Å². The highest BCUT2D eigenvalue weighted by Crippen LogP contribution is 2.07. The van der Waals surface area contributed by atoms with E-state index >= 15 is 0 Å². The number of nitrogens with one attached hydrogen (secondary N) is 1. The largest absolute Gasteiger partial charge is 0.314 e. The van der Waals surface area contributed by atoms with Crippen molar-refractivity contribution in [1.82, 2.24) is 5.32 Å². The number of halogens is 1. The number of rotatable bonds is 7. The minimum Gasteiger partial charge on any atom is -0.314 e. The molecule has 0 aromatic rings. The first-order valence-electron chi connectivity index (χ1n) is 5.39. The third-order valence-electron chi connectivity index (χ3n) is 2.13. The van der Waals surface area contributed by atoms with Crippen LogP contribution in [-0.2, 0) is 0 Å². The SMILES string of the molecule is CC(C)CCCNC(C)CC(C)Br. The molecule has 1 N–H and O–H groups in total. The molecule has 13 heavy (non-hydrogen) atoms. The molecule has 0 rings (SSSR count). The van der Waals surface area contributed by atoms with E-state index < -0.39 is 0 Å². The Hall–Kier alpha value is 0.440. The van der Waals surface area contributed by atoms with Crippen molar-refractivity contribution in [3.8, 4) is 0 Å². The molecule has 0 bridgehead atoms. The van der Waals surface area contributed by atoms with Crippen LogP contribution in [0.2, 0.25) is 0 Å². The van der Waals surface area contributed by atoms with Gasteiger partial charge in [-0.05, 0) is 38.6 Å². The predicted octanol–water partition coefficient (Wildman–Crippen LogP) is 3.57. The molecule has 0 heterocycles. The van der Waals surface area contributed by atoms with E-state index in [1.165, 1.54) is 25.8 Å². The zero-order valence-electron chi connectivity index (χ0n) is 9.44. The number of alkyl halides is 1. The zero-order valence-corrected chi connectivity index (χ0v) is 11.0. The van der Waals surface area contributed by atoms with Gasteiger partial charge in [-0.1, -0.05) is 36.7 Å². The Morgan fingerprint density at radius 2 is 1.77 bits per heavy atom. The summed E-state index contributed by atoms with van der Waals surface area (Å²) >= 11 is 3.57. The minimum absolute atomic E-state index is 0.625. The fraction of sp³-hybridized carbons (Fsp3) is 1.00. The van der Waals surface area contributed by atoms with Gasteiger partial charge in [-0.25, -0.2) is 0 Å². The maximum absolute atomic E-state index is 3.57. The van der Waals surface area contributed by atoms with E-state index in [0.717, 1.165) is 5.92 Å². The maximum atomic E-state index is 3.57. The van der Waals surface area contributed by atoms with Crippen LogP contribution in [0.25, 0.3) is 0 Å². The molecule has 2 atom stereocenters. The zero-order chi connectivity index (χ0) is 10.3. The predicted molar refractivity (Wildman–Crippen MR) is 64.5 cm³/mol. The Morgan fingerprint density at radius 1 is 1.15 bits per heavy atom. The van der Waals surface area contributed by atoms with Crippen molar-refractivity contribution in [1.29, 1.82) is 0 Å².